The van der Waals surface area contributed by atoms with Gasteiger partial charge in [0.15, 0.2) is 0 Å². The number of methoxy groups -OCH3 is 1. The van der Waals surface area contributed by atoms with Crippen molar-refractivity contribution in [3.8, 4) is 5.75 Å². The minimum absolute atomic E-state index is 0.147. The number of ether oxygens (including phenoxy) is 1. The van der Waals surface area contributed by atoms with Crippen molar-refractivity contribution in [2.45, 2.75) is 4.83 Å². The molecule has 1 unspecified atom stereocenters. The first-order valence-electron chi connectivity index (χ1n) is 5.35. The van der Waals surface area contributed by atoms with Crippen LogP contribution in [0.3, 0.4) is 0 Å². The van der Waals surface area contributed by atoms with Crippen LogP contribution in [-0.4, -0.2) is 7.11 Å². The summed E-state index contributed by atoms with van der Waals surface area (Å²) in [5, 5.41) is 0.148. The van der Waals surface area contributed by atoms with Crippen LogP contribution in [-0.2, 0) is 0 Å². The van der Waals surface area contributed by atoms with Crippen molar-refractivity contribution in [2.24, 2.45) is 0 Å². The van der Waals surface area contributed by atoms with E-state index in [1.54, 1.807) is 19.2 Å². The zero-order valence-corrected chi connectivity index (χ0v) is 12.0. The van der Waals surface area contributed by atoms with Gasteiger partial charge in [0.2, 0.25) is 0 Å². The van der Waals surface area contributed by atoms with E-state index in [0.717, 1.165) is 11.3 Å². The molecule has 2 rings (SSSR count). The summed E-state index contributed by atoms with van der Waals surface area (Å²) in [7, 11) is 1.62. The van der Waals surface area contributed by atoms with Crippen LogP contribution < -0.4 is 4.74 Å². The van der Waals surface area contributed by atoms with Crippen LogP contribution in [0, 0.1) is 5.82 Å². The van der Waals surface area contributed by atoms with Gasteiger partial charge in [-0.15, -0.1) is 0 Å². The smallest absolute Gasteiger partial charge is 0.142 e. The van der Waals surface area contributed by atoms with Crippen LogP contribution >= 0.6 is 27.5 Å². The average molecular weight is 330 g/mol. The topological polar surface area (TPSA) is 9.23 Å². The molecule has 0 aliphatic rings. The van der Waals surface area contributed by atoms with Crippen molar-refractivity contribution >= 4 is 27.5 Å². The van der Waals surface area contributed by atoms with Crippen LogP contribution in [0.2, 0.25) is 5.02 Å². The molecule has 0 bridgehead atoms. The lowest BCUT2D eigenvalue weighted by molar-refractivity contribution is 0.414. The van der Waals surface area contributed by atoms with Crippen molar-refractivity contribution in [3.63, 3.8) is 0 Å². The van der Waals surface area contributed by atoms with E-state index in [0.29, 0.717) is 5.56 Å². The molecule has 0 fully saturated rings. The average Bonchev–Trinajstić information content (AvgIpc) is 2.41. The third-order valence-corrected chi connectivity index (χ3v) is 4.08. The summed E-state index contributed by atoms with van der Waals surface area (Å²) in [6.07, 6.45) is 0. The third kappa shape index (κ3) is 2.68. The van der Waals surface area contributed by atoms with E-state index in [4.69, 9.17) is 16.3 Å². The maximum atomic E-state index is 13.4. The van der Waals surface area contributed by atoms with E-state index in [2.05, 4.69) is 15.9 Å². The highest BCUT2D eigenvalue weighted by Gasteiger charge is 2.15. The summed E-state index contributed by atoms with van der Waals surface area (Å²) in [5.41, 5.74) is 1.70. The van der Waals surface area contributed by atoms with E-state index in [-0.39, 0.29) is 9.85 Å². The molecule has 94 valence electrons. The first-order chi connectivity index (χ1) is 8.63. The quantitative estimate of drug-likeness (QED) is 0.722. The Morgan fingerprint density at radius 3 is 2.44 bits per heavy atom. The predicted octanol–water partition coefficient (Wildman–Crippen LogP) is 4.97. The van der Waals surface area contributed by atoms with E-state index in [1.165, 1.54) is 6.07 Å². The van der Waals surface area contributed by atoms with Gasteiger partial charge in [0.05, 0.1) is 17.0 Å². The molecule has 1 nitrogen and oxygen atoms in total. The highest BCUT2D eigenvalue weighted by atomic mass is 79.9. The van der Waals surface area contributed by atoms with Crippen molar-refractivity contribution < 1.29 is 9.13 Å². The maximum Gasteiger partial charge on any atom is 0.142 e. The molecule has 0 saturated carbocycles. The Morgan fingerprint density at radius 2 is 1.83 bits per heavy atom. The van der Waals surface area contributed by atoms with Gasteiger partial charge >= 0.3 is 0 Å². The van der Waals surface area contributed by atoms with Crippen LogP contribution in [0.15, 0.2) is 42.5 Å². The highest BCUT2D eigenvalue weighted by molar-refractivity contribution is 9.09. The van der Waals surface area contributed by atoms with Crippen molar-refractivity contribution in [1.82, 2.24) is 0 Å². The second-order valence-corrected chi connectivity index (χ2v) is 5.07. The zero-order valence-electron chi connectivity index (χ0n) is 9.66. The minimum Gasteiger partial charge on any atom is -0.497 e. The summed E-state index contributed by atoms with van der Waals surface area (Å²) in [6, 6.07) is 12.3. The molecule has 2 aromatic rings. The molecular formula is C14H11BrClFO. The summed E-state index contributed by atoms with van der Waals surface area (Å²) in [6.45, 7) is 0. The third-order valence-electron chi connectivity index (χ3n) is 2.66. The van der Waals surface area contributed by atoms with Gasteiger partial charge in [0.25, 0.3) is 0 Å². The second kappa shape index (κ2) is 5.72. The Hall–Kier alpha value is -1.06. The second-order valence-electron chi connectivity index (χ2n) is 3.78. The Morgan fingerprint density at radius 1 is 1.17 bits per heavy atom. The molecule has 0 spiro atoms. The van der Waals surface area contributed by atoms with Gasteiger partial charge in [0.1, 0.15) is 11.6 Å². The molecule has 0 radical (unpaired) electrons. The maximum absolute atomic E-state index is 13.4. The van der Waals surface area contributed by atoms with E-state index in [1.807, 2.05) is 24.3 Å². The number of alkyl halides is 1. The van der Waals surface area contributed by atoms with Gasteiger partial charge in [0, 0.05) is 0 Å². The molecule has 0 aliphatic heterocycles. The lowest BCUT2D eigenvalue weighted by Gasteiger charge is -2.13. The van der Waals surface area contributed by atoms with Gasteiger partial charge in [-0.05, 0) is 29.3 Å². The molecule has 2 aromatic carbocycles. The molecule has 18 heavy (non-hydrogen) atoms. The molecule has 0 heterocycles. The minimum atomic E-state index is -0.410. The molecular weight excluding hydrogens is 319 g/mol. The zero-order chi connectivity index (χ0) is 13.1. The Bertz CT molecular complexity index is 542. The van der Waals surface area contributed by atoms with Gasteiger partial charge in [-0.2, -0.15) is 0 Å². The van der Waals surface area contributed by atoms with Crippen LogP contribution in [0.4, 0.5) is 4.39 Å². The SMILES string of the molecule is COc1ccc(C(Br)c2cccc(F)c2Cl)cc1. The van der Waals surface area contributed by atoms with Crippen molar-refractivity contribution in [2.75, 3.05) is 7.11 Å². The number of hydrogen-bond donors (Lipinski definition) is 0. The fourth-order valence-electron chi connectivity index (χ4n) is 1.67. The number of halogens is 3. The van der Waals surface area contributed by atoms with Crippen LogP contribution in [0.25, 0.3) is 0 Å². The molecule has 0 aliphatic carbocycles. The highest BCUT2D eigenvalue weighted by Crippen LogP contribution is 2.36. The molecule has 1 atom stereocenters. The number of benzene rings is 2. The van der Waals surface area contributed by atoms with Gasteiger partial charge in [-0.1, -0.05) is 51.8 Å². The van der Waals surface area contributed by atoms with Crippen molar-refractivity contribution in [3.05, 3.63) is 64.4 Å². The predicted molar refractivity (Wildman–Crippen MR) is 75.2 cm³/mol. The van der Waals surface area contributed by atoms with Crippen molar-refractivity contribution in [1.29, 1.82) is 0 Å². The molecule has 0 saturated heterocycles. The van der Waals surface area contributed by atoms with Gasteiger partial charge < -0.3 is 4.74 Å². The summed E-state index contributed by atoms with van der Waals surface area (Å²) in [4.78, 5) is -0.147. The summed E-state index contributed by atoms with van der Waals surface area (Å²) < 4.78 is 18.5. The normalized spacial score (nSPS) is 12.2. The lowest BCUT2D eigenvalue weighted by Crippen LogP contribution is -1.95. The fraction of sp³-hybridized carbons (Fsp3) is 0.143. The number of hydrogen-bond acceptors (Lipinski definition) is 1. The fourth-order valence-corrected chi connectivity index (χ4v) is 2.72. The summed E-state index contributed by atoms with van der Waals surface area (Å²) >= 11 is 9.50. The van der Waals surface area contributed by atoms with Gasteiger partial charge in [-0.3, -0.25) is 0 Å². The van der Waals surface area contributed by atoms with Crippen LogP contribution in [0.5, 0.6) is 5.75 Å². The number of rotatable bonds is 3. The molecule has 0 aromatic heterocycles. The largest absolute Gasteiger partial charge is 0.497 e. The van der Waals surface area contributed by atoms with Gasteiger partial charge in [-0.25, -0.2) is 4.39 Å². The van der Waals surface area contributed by atoms with Crippen LogP contribution in [0.1, 0.15) is 16.0 Å². The first kappa shape index (κ1) is 13.4. The molecule has 4 heteroatoms. The molecule has 0 amide bonds. The lowest BCUT2D eigenvalue weighted by atomic mass is 10.0. The Balaban J connectivity index is 2.35. The summed E-state index contributed by atoms with van der Waals surface area (Å²) in [5.74, 6) is 0.371. The van der Waals surface area contributed by atoms with E-state index < -0.39 is 5.82 Å². The monoisotopic (exact) mass is 328 g/mol. The first-order valence-corrected chi connectivity index (χ1v) is 6.64. The molecule has 0 N–H and O–H groups in total. The Labute approximate surface area is 119 Å². The standard InChI is InChI=1S/C14H11BrClFO/c1-18-10-7-5-9(6-8-10)13(15)11-3-2-4-12(17)14(11)16/h2-8,13H,1H3. The van der Waals surface area contributed by atoms with E-state index >= 15 is 0 Å². The Kier molecular flexibility index (Phi) is 4.25. The van der Waals surface area contributed by atoms with E-state index in [9.17, 15) is 4.39 Å².